The Morgan fingerprint density at radius 2 is 2.05 bits per heavy atom. The van der Waals surface area contributed by atoms with Gasteiger partial charge in [-0.25, -0.2) is 0 Å². The molecule has 0 aliphatic carbocycles. The second-order valence-corrected chi connectivity index (χ2v) is 5.99. The second-order valence-electron chi connectivity index (χ2n) is 5.99. The van der Waals surface area contributed by atoms with Crippen molar-refractivity contribution in [2.24, 2.45) is 0 Å². The normalized spacial score (nSPS) is 21.6. The Hall–Kier alpha value is -1.81. The van der Waals surface area contributed by atoms with E-state index < -0.39 is 0 Å². The predicted molar refractivity (Wildman–Crippen MR) is 80.7 cm³/mol. The van der Waals surface area contributed by atoms with Crippen LogP contribution in [0.4, 0.5) is 5.69 Å². The summed E-state index contributed by atoms with van der Waals surface area (Å²) < 4.78 is 5.75. The van der Waals surface area contributed by atoms with Crippen LogP contribution >= 0.6 is 0 Å². The van der Waals surface area contributed by atoms with Gasteiger partial charge in [-0.1, -0.05) is 12.1 Å². The zero-order chi connectivity index (χ0) is 14.0. The van der Waals surface area contributed by atoms with E-state index in [4.69, 9.17) is 4.74 Å². The van der Waals surface area contributed by atoms with Crippen LogP contribution in [0.15, 0.2) is 36.5 Å². The number of nitrogens with zero attached hydrogens (tertiary/aromatic N) is 1. The van der Waals surface area contributed by atoms with E-state index in [9.17, 15) is 0 Å². The Morgan fingerprint density at radius 1 is 1.25 bits per heavy atom. The van der Waals surface area contributed by atoms with E-state index in [1.165, 1.54) is 0 Å². The minimum absolute atomic E-state index is 0.0220. The molecule has 1 aromatic carbocycles. The molecule has 1 atom stereocenters. The second kappa shape index (κ2) is 5.29. The van der Waals surface area contributed by atoms with E-state index in [-0.39, 0.29) is 5.60 Å². The van der Waals surface area contributed by atoms with Crippen LogP contribution in [0.3, 0.4) is 0 Å². The summed E-state index contributed by atoms with van der Waals surface area (Å²) in [6.45, 7) is 5.14. The molecule has 2 N–H and O–H groups in total. The van der Waals surface area contributed by atoms with Crippen molar-refractivity contribution < 1.29 is 4.74 Å². The fourth-order valence-electron chi connectivity index (χ4n) is 2.75. The maximum atomic E-state index is 5.75. The van der Waals surface area contributed by atoms with Gasteiger partial charge in [0.05, 0.1) is 11.3 Å². The maximum Gasteiger partial charge on any atom is 0.0650 e. The Kier molecular flexibility index (Phi) is 3.49. The third-order valence-electron chi connectivity index (χ3n) is 3.76. The molecule has 20 heavy (non-hydrogen) atoms. The van der Waals surface area contributed by atoms with Crippen LogP contribution < -0.4 is 5.32 Å². The molecule has 106 valence electrons. The van der Waals surface area contributed by atoms with E-state index in [1.807, 2.05) is 6.07 Å². The first-order valence-electron chi connectivity index (χ1n) is 7.13. The van der Waals surface area contributed by atoms with Crippen molar-refractivity contribution >= 4 is 5.69 Å². The Balaban J connectivity index is 1.66. The first-order valence-corrected chi connectivity index (χ1v) is 7.13. The molecule has 3 rings (SSSR count). The van der Waals surface area contributed by atoms with Gasteiger partial charge in [0.1, 0.15) is 0 Å². The molecular formula is C16H21N3O. The van der Waals surface area contributed by atoms with Crippen molar-refractivity contribution in [1.82, 2.24) is 10.2 Å². The van der Waals surface area contributed by atoms with Crippen molar-refractivity contribution in [3.63, 3.8) is 0 Å². The average Bonchev–Trinajstić information content (AvgIpc) is 2.92. The molecule has 0 saturated carbocycles. The number of H-pyrrole nitrogens is 1. The van der Waals surface area contributed by atoms with Crippen molar-refractivity contribution in [3.8, 4) is 11.3 Å². The third kappa shape index (κ3) is 3.02. The Labute approximate surface area is 119 Å². The quantitative estimate of drug-likeness (QED) is 0.899. The van der Waals surface area contributed by atoms with Gasteiger partial charge in [-0.05, 0) is 50.5 Å². The molecule has 1 aliphatic rings. The van der Waals surface area contributed by atoms with Gasteiger partial charge in [-0.2, -0.15) is 5.10 Å². The highest BCUT2D eigenvalue weighted by Crippen LogP contribution is 2.27. The van der Waals surface area contributed by atoms with Crippen LogP contribution in [0.5, 0.6) is 0 Å². The summed E-state index contributed by atoms with van der Waals surface area (Å²) in [4.78, 5) is 0. The highest BCUT2D eigenvalue weighted by atomic mass is 16.5. The van der Waals surface area contributed by atoms with Crippen molar-refractivity contribution in [2.45, 2.75) is 38.3 Å². The highest BCUT2D eigenvalue weighted by molar-refractivity contribution is 5.62. The smallest absolute Gasteiger partial charge is 0.0650 e. The van der Waals surface area contributed by atoms with Gasteiger partial charge in [-0.3, -0.25) is 5.10 Å². The zero-order valence-electron chi connectivity index (χ0n) is 12.0. The van der Waals surface area contributed by atoms with Crippen molar-refractivity contribution in [1.29, 1.82) is 0 Å². The first kappa shape index (κ1) is 13.2. The van der Waals surface area contributed by atoms with E-state index in [2.05, 4.69) is 53.6 Å². The number of rotatable bonds is 3. The molecule has 1 fully saturated rings. The number of aromatic nitrogens is 2. The first-order chi connectivity index (χ1) is 9.62. The fourth-order valence-corrected chi connectivity index (χ4v) is 2.75. The molecule has 0 spiro atoms. The molecule has 0 radical (unpaired) electrons. The lowest BCUT2D eigenvalue weighted by Gasteiger charge is -2.36. The molecule has 2 aromatic rings. The molecule has 4 nitrogen and oxygen atoms in total. The molecule has 0 amide bonds. The lowest BCUT2D eigenvalue weighted by Crippen LogP contribution is -2.40. The SMILES string of the molecule is CC1(C)CC(Nc2ccc(-c3ccn[nH]3)cc2)CCO1. The number of hydrogen-bond donors (Lipinski definition) is 2. The van der Waals surface area contributed by atoms with Crippen LogP contribution in [-0.4, -0.2) is 28.4 Å². The number of anilines is 1. The molecule has 0 bridgehead atoms. The Bertz CT molecular complexity index is 546. The van der Waals surface area contributed by atoms with Gasteiger partial charge >= 0.3 is 0 Å². The molecule has 1 aliphatic heterocycles. The minimum atomic E-state index is -0.0220. The molecule has 1 saturated heterocycles. The fraction of sp³-hybridized carbons (Fsp3) is 0.438. The van der Waals surface area contributed by atoms with Gasteiger partial charge in [0.2, 0.25) is 0 Å². The lowest BCUT2D eigenvalue weighted by molar-refractivity contribution is -0.0553. The largest absolute Gasteiger partial charge is 0.382 e. The van der Waals surface area contributed by atoms with Crippen LogP contribution in [0.25, 0.3) is 11.3 Å². The molecule has 4 heteroatoms. The summed E-state index contributed by atoms with van der Waals surface area (Å²) in [5, 5.41) is 10.6. The van der Waals surface area contributed by atoms with E-state index in [0.717, 1.165) is 36.4 Å². The summed E-state index contributed by atoms with van der Waals surface area (Å²) in [6.07, 6.45) is 3.87. The van der Waals surface area contributed by atoms with Gasteiger partial charge in [-0.15, -0.1) is 0 Å². The minimum Gasteiger partial charge on any atom is -0.382 e. The molecule has 1 unspecified atom stereocenters. The summed E-state index contributed by atoms with van der Waals surface area (Å²) >= 11 is 0. The topological polar surface area (TPSA) is 49.9 Å². The lowest BCUT2D eigenvalue weighted by atomic mass is 9.94. The summed E-state index contributed by atoms with van der Waals surface area (Å²) in [5.41, 5.74) is 3.34. The van der Waals surface area contributed by atoms with Crippen LogP contribution in [0, 0.1) is 0 Å². The number of ether oxygens (including phenoxy) is 1. The molecular weight excluding hydrogens is 250 g/mol. The van der Waals surface area contributed by atoms with Crippen LogP contribution in [0.1, 0.15) is 26.7 Å². The van der Waals surface area contributed by atoms with E-state index >= 15 is 0 Å². The number of benzene rings is 1. The van der Waals surface area contributed by atoms with Gasteiger partial charge in [0.15, 0.2) is 0 Å². The summed E-state index contributed by atoms with van der Waals surface area (Å²) in [7, 11) is 0. The molecule has 2 heterocycles. The third-order valence-corrected chi connectivity index (χ3v) is 3.76. The van der Waals surface area contributed by atoms with Crippen LogP contribution in [-0.2, 0) is 4.74 Å². The van der Waals surface area contributed by atoms with Crippen molar-refractivity contribution in [3.05, 3.63) is 36.5 Å². The van der Waals surface area contributed by atoms with Gasteiger partial charge < -0.3 is 10.1 Å². The Morgan fingerprint density at radius 3 is 2.70 bits per heavy atom. The average molecular weight is 271 g/mol. The van der Waals surface area contributed by atoms with Crippen molar-refractivity contribution in [2.75, 3.05) is 11.9 Å². The number of aromatic amines is 1. The number of nitrogens with one attached hydrogen (secondary N) is 2. The summed E-state index contributed by atoms with van der Waals surface area (Å²) in [5.74, 6) is 0. The van der Waals surface area contributed by atoms with E-state index in [0.29, 0.717) is 6.04 Å². The van der Waals surface area contributed by atoms with Gasteiger partial charge in [0.25, 0.3) is 0 Å². The maximum absolute atomic E-state index is 5.75. The zero-order valence-corrected chi connectivity index (χ0v) is 12.0. The standard InChI is InChI=1S/C16H21N3O/c1-16(2)11-14(8-10-20-16)18-13-5-3-12(4-6-13)15-7-9-17-19-15/h3-7,9,14,18H,8,10-11H2,1-2H3,(H,17,19). The van der Waals surface area contributed by atoms with E-state index in [1.54, 1.807) is 6.20 Å². The monoisotopic (exact) mass is 271 g/mol. The predicted octanol–water partition coefficient (Wildman–Crippen LogP) is 3.45. The molecule has 1 aromatic heterocycles. The highest BCUT2D eigenvalue weighted by Gasteiger charge is 2.28. The van der Waals surface area contributed by atoms with Gasteiger partial charge in [0, 0.05) is 24.5 Å². The van der Waals surface area contributed by atoms with Crippen LogP contribution in [0.2, 0.25) is 0 Å². The summed E-state index contributed by atoms with van der Waals surface area (Å²) in [6, 6.07) is 10.9. The number of hydrogen-bond acceptors (Lipinski definition) is 3.